The lowest BCUT2D eigenvalue weighted by atomic mass is 9.92. The van der Waals surface area contributed by atoms with Crippen LogP contribution in [0.3, 0.4) is 0 Å². The number of rotatable bonds is 4. The van der Waals surface area contributed by atoms with Crippen LogP contribution in [0.4, 0.5) is 0 Å². The Morgan fingerprint density at radius 1 is 1.54 bits per heavy atom. The molecule has 2 heteroatoms. The van der Waals surface area contributed by atoms with Gasteiger partial charge in [-0.3, -0.25) is 4.79 Å². The van der Waals surface area contributed by atoms with Gasteiger partial charge in [0, 0.05) is 18.9 Å². The SMILES string of the molecule is C=C(C)CCC(=O)C1CCCNC1. The van der Waals surface area contributed by atoms with Gasteiger partial charge in [0.1, 0.15) is 5.78 Å². The fraction of sp³-hybridized carbons (Fsp3) is 0.727. The van der Waals surface area contributed by atoms with Crippen LogP contribution in [0.15, 0.2) is 12.2 Å². The maximum Gasteiger partial charge on any atom is 0.137 e. The van der Waals surface area contributed by atoms with E-state index in [1.54, 1.807) is 0 Å². The van der Waals surface area contributed by atoms with E-state index in [4.69, 9.17) is 0 Å². The molecule has 0 bridgehead atoms. The van der Waals surface area contributed by atoms with E-state index >= 15 is 0 Å². The van der Waals surface area contributed by atoms with Gasteiger partial charge in [-0.2, -0.15) is 0 Å². The van der Waals surface area contributed by atoms with Crippen LogP contribution in [0, 0.1) is 5.92 Å². The summed E-state index contributed by atoms with van der Waals surface area (Å²) in [5.41, 5.74) is 1.11. The number of piperidine rings is 1. The van der Waals surface area contributed by atoms with Crippen LogP contribution in [0.2, 0.25) is 0 Å². The van der Waals surface area contributed by atoms with Crippen LogP contribution in [0.5, 0.6) is 0 Å². The van der Waals surface area contributed by atoms with Crippen molar-refractivity contribution in [2.75, 3.05) is 13.1 Å². The van der Waals surface area contributed by atoms with Gasteiger partial charge in [-0.25, -0.2) is 0 Å². The molecule has 0 aliphatic carbocycles. The van der Waals surface area contributed by atoms with E-state index in [2.05, 4.69) is 11.9 Å². The van der Waals surface area contributed by atoms with Crippen molar-refractivity contribution >= 4 is 5.78 Å². The average molecular weight is 181 g/mol. The Hall–Kier alpha value is -0.630. The van der Waals surface area contributed by atoms with Gasteiger partial charge in [-0.15, -0.1) is 6.58 Å². The summed E-state index contributed by atoms with van der Waals surface area (Å²) in [5.74, 6) is 0.684. The van der Waals surface area contributed by atoms with Gasteiger partial charge in [0.2, 0.25) is 0 Å². The van der Waals surface area contributed by atoms with Crippen molar-refractivity contribution in [3.63, 3.8) is 0 Å². The first kappa shape index (κ1) is 10.5. The minimum Gasteiger partial charge on any atom is -0.316 e. The molecule has 1 N–H and O–H groups in total. The molecule has 1 rings (SSSR count). The number of carbonyl (C=O) groups excluding carboxylic acids is 1. The number of ketones is 1. The number of carbonyl (C=O) groups is 1. The summed E-state index contributed by atoms with van der Waals surface area (Å²) >= 11 is 0. The zero-order valence-corrected chi connectivity index (χ0v) is 8.44. The zero-order chi connectivity index (χ0) is 9.68. The van der Waals surface area contributed by atoms with Crippen molar-refractivity contribution in [3.8, 4) is 0 Å². The highest BCUT2D eigenvalue weighted by molar-refractivity contribution is 5.81. The molecule has 1 saturated heterocycles. The Labute approximate surface area is 80.4 Å². The first-order valence-electron chi connectivity index (χ1n) is 5.08. The second-order valence-corrected chi connectivity index (χ2v) is 3.97. The predicted molar refractivity (Wildman–Crippen MR) is 54.6 cm³/mol. The average Bonchev–Trinajstić information content (AvgIpc) is 2.15. The first-order chi connectivity index (χ1) is 6.20. The fourth-order valence-electron chi connectivity index (χ4n) is 1.67. The summed E-state index contributed by atoms with van der Waals surface area (Å²) in [7, 11) is 0. The molecule has 0 aromatic heterocycles. The largest absolute Gasteiger partial charge is 0.316 e. The van der Waals surface area contributed by atoms with Gasteiger partial charge < -0.3 is 5.32 Å². The monoisotopic (exact) mass is 181 g/mol. The van der Waals surface area contributed by atoms with Crippen LogP contribution in [-0.4, -0.2) is 18.9 Å². The van der Waals surface area contributed by atoms with Gasteiger partial charge >= 0.3 is 0 Å². The molecule has 1 heterocycles. The Balaban J connectivity index is 2.25. The molecule has 74 valence electrons. The van der Waals surface area contributed by atoms with Crippen molar-refractivity contribution in [1.29, 1.82) is 0 Å². The third kappa shape index (κ3) is 3.73. The molecule has 1 atom stereocenters. The molecular formula is C11H19NO. The van der Waals surface area contributed by atoms with Gasteiger partial charge in [0.05, 0.1) is 0 Å². The van der Waals surface area contributed by atoms with Gasteiger partial charge in [-0.05, 0) is 32.7 Å². The third-order valence-electron chi connectivity index (χ3n) is 2.55. The topological polar surface area (TPSA) is 29.1 Å². The van der Waals surface area contributed by atoms with Crippen LogP contribution in [0.1, 0.15) is 32.6 Å². The quantitative estimate of drug-likeness (QED) is 0.671. The predicted octanol–water partition coefficient (Wildman–Crippen LogP) is 1.91. The standard InChI is InChI=1S/C11H19NO/c1-9(2)5-6-11(13)10-4-3-7-12-8-10/h10,12H,1,3-8H2,2H3. The van der Waals surface area contributed by atoms with E-state index in [-0.39, 0.29) is 5.92 Å². The van der Waals surface area contributed by atoms with Crippen LogP contribution < -0.4 is 5.32 Å². The molecule has 0 aromatic rings. The lowest BCUT2D eigenvalue weighted by Crippen LogP contribution is -2.34. The Kier molecular flexibility index (Phi) is 4.16. The zero-order valence-electron chi connectivity index (χ0n) is 8.44. The second-order valence-electron chi connectivity index (χ2n) is 3.97. The van der Waals surface area contributed by atoms with E-state index < -0.39 is 0 Å². The minimum atomic E-state index is 0.271. The van der Waals surface area contributed by atoms with E-state index in [9.17, 15) is 4.79 Å². The smallest absolute Gasteiger partial charge is 0.137 e. The molecule has 2 nitrogen and oxygen atoms in total. The number of hydrogen-bond acceptors (Lipinski definition) is 2. The van der Waals surface area contributed by atoms with Gasteiger partial charge in [0.15, 0.2) is 0 Å². The Bertz CT molecular complexity index is 192. The van der Waals surface area contributed by atoms with E-state index in [1.807, 2.05) is 6.92 Å². The number of hydrogen-bond donors (Lipinski definition) is 1. The molecule has 0 aromatic carbocycles. The van der Waals surface area contributed by atoms with Crippen molar-refractivity contribution < 1.29 is 4.79 Å². The van der Waals surface area contributed by atoms with Gasteiger partial charge in [-0.1, -0.05) is 5.57 Å². The lowest BCUT2D eigenvalue weighted by molar-refractivity contribution is -0.123. The van der Waals surface area contributed by atoms with E-state index in [0.29, 0.717) is 12.2 Å². The summed E-state index contributed by atoms with van der Waals surface area (Å²) < 4.78 is 0. The highest BCUT2D eigenvalue weighted by Crippen LogP contribution is 2.14. The molecule has 1 fully saturated rings. The fourth-order valence-corrected chi connectivity index (χ4v) is 1.67. The van der Waals surface area contributed by atoms with Crippen LogP contribution in [0.25, 0.3) is 0 Å². The molecule has 1 aliphatic heterocycles. The van der Waals surface area contributed by atoms with Gasteiger partial charge in [0.25, 0.3) is 0 Å². The molecule has 13 heavy (non-hydrogen) atoms. The summed E-state index contributed by atoms with van der Waals surface area (Å²) in [5, 5.41) is 3.26. The summed E-state index contributed by atoms with van der Waals surface area (Å²) in [6.07, 6.45) is 3.75. The minimum absolute atomic E-state index is 0.271. The highest BCUT2D eigenvalue weighted by atomic mass is 16.1. The molecule has 1 aliphatic rings. The summed E-state index contributed by atoms with van der Waals surface area (Å²) in [6.45, 7) is 7.74. The van der Waals surface area contributed by atoms with Crippen molar-refractivity contribution in [1.82, 2.24) is 5.32 Å². The van der Waals surface area contributed by atoms with E-state index in [1.165, 1.54) is 0 Å². The van der Waals surface area contributed by atoms with Crippen molar-refractivity contribution in [2.45, 2.75) is 32.6 Å². The Morgan fingerprint density at radius 2 is 2.31 bits per heavy atom. The molecule has 0 saturated carbocycles. The lowest BCUT2D eigenvalue weighted by Gasteiger charge is -2.21. The maximum absolute atomic E-state index is 11.6. The molecular weight excluding hydrogens is 162 g/mol. The van der Waals surface area contributed by atoms with Crippen molar-refractivity contribution in [3.05, 3.63) is 12.2 Å². The molecule has 1 unspecified atom stereocenters. The van der Waals surface area contributed by atoms with E-state index in [0.717, 1.165) is 37.9 Å². The third-order valence-corrected chi connectivity index (χ3v) is 2.55. The second kappa shape index (κ2) is 5.18. The maximum atomic E-state index is 11.6. The molecule has 0 amide bonds. The van der Waals surface area contributed by atoms with Crippen molar-refractivity contribution in [2.24, 2.45) is 5.92 Å². The summed E-state index contributed by atoms with van der Waals surface area (Å²) in [6, 6.07) is 0. The van der Waals surface area contributed by atoms with Crippen LogP contribution in [-0.2, 0) is 4.79 Å². The Morgan fingerprint density at radius 3 is 2.85 bits per heavy atom. The molecule has 0 spiro atoms. The molecule has 0 radical (unpaired) electrons. The normalized spacial score (nSPS) is 22.7. The number of nitrogens with one attached hydrogen (secondary N) is 1. The number of Topliss-reactive ketones (excluding diaryl/α,β-unsaturated/α-hetero) is 1. The van der Waals surface area contributed by atoms with Crippen LogP contribution >= 0.6 is 0 Å². The number of allylic oxidation sites excluding steroid dienone is 1. The summed E-state index contributed by atoms with van der Waals surface area (Å²) in [4.78, 5) is 11.6. The highest BCUT2D eigenvalue weighted by Gasteiger charge is 2.19. The first-order valence-corrected chi connectivity index (χ1v) is 5.08.